The average molecular weight is 377 g/mol. The van der Waals surface area contributed by atoms with Gasteiger partial charge >= 0.3 is 136 Å². The van der Waals surface area contributed by atoms with E-state index in [2.05, 4.69) is 62.4 Å². The normalized spacial score (nSPS) is 13.4. The average Bonchev–Trinajstić information content (AvgIpc) is 3.11. The van der Waals surface area contributed by atoms with E-state index in [9.17, 15) is 0 Å². The van der Waals surface area contributed by atoms with Crippen molar-refractivity contribution in [2.45, 2.75) is 26.7 Å². The van der Waals surface area contributed by atoms with Gasteiger partial charge in [-0.1, -0.05) is 0 Å². The van der Waals surface area contributed by atoms with Gasteiger partial charge in [-0.2, -0.15) is 0 Å². The SMILES string of the molecule is Cc1cc2c([c]([Ti+2][C]3=CC=CC3)c1C)Cc1ccccc1-2.[Cl-].[Cl-]. The second-order valence-corrected chi connectivity index (χ2v) is 8.18. The van der Waals surface area contributed by atoms with Crippen LogP contribution in [0, 0.1) is 13.8 Å². The summed E-state index contributed by atoms with van der Waals surface area (Å²) < 4.78 is 3.36. The minimum absolute atomic E-state index is 0. The smallest absolute Gasteiger partial charge is 1.00 e. The Labute approximate surface area is 159 Å². The van der Waals surface area contributed by atoms with Crippen molar-refractivity contribution in [3.8, 4) is 11.1 Å². The third kappa shape index (κ3) is 3.23. The van der Waals surface area contributed by atoms with Gasteiger partial charge in [0.05, 0.1) is 0 Å². The molecule has 4 rings (SSSR count). The number of hydrogen-bond donors (Lipinski definition) is 0. The fourth-order valence-corrected chi connectivity index (χ4v) is 5.70. The summed E-state index contributed by atoms with van der Waals surface area (Å²) in [4.78, 5) is 0. The Bertz CT molecular complexity index is 804. The Morgan fingerprint density at radius 3 is 2.52 bits per heavy atom. The topological polar surface area (TPSA) is 0 Å². The summed E-state index contributed by atoms with van der Waals surface area (Å²) in [6.07, 6.45) is 9.16. The number of aryl methyl sites for hydroxylation is 1. The molecule has 0 heterocycles. The van der Waals surface area contributed by atoms with E-state index in [0.717, 1.165) is 6.42 Å². The molecule has 23 heavy (non-hydrogen) atoms. The molecule has 0 amide bonds. The van der Waals surface area contributed by atoms with Crippen molar-refractivity contribution >= 4 is 3.87 Å². The molecule has 0 saturated heterocycles. The number of allylic oxidation sites excluding steroid dienone is 4. The summed E-state index contributed by atoms with van der Waals surface area (Å²) in [5, 5.41) is 0. The molecule has 0 atom stereocenters. The largest absolute Gasteiger partial charge is 1.00 e. The van der Waals surface area contributed by atoms with Crippen molar-refractivity contribution in [3.63, 3.8) is 0 Å². The first kappa shape index (κ1) is 18.6. The van der Waals surface area contributed by atoms with Gasteiger partial charge in [-0.3, -0.25) is 0 Å². The molecule has 2 aliphatic rings. The Morgan fingerprint density at radius 2 is 1.78 bits per heavy atom. The first-order chi connectivity index (χ1) is 10.2. The molecule has 0 radical (unpaired) electrons. The van der Waals surface area contributed by atoms with E-state index in [1.165, 1.54) is 34.2 Å². The Hall–Kier alpha value is -0.786. The molecular formula is C20H18Cl2Ti. The van der Waals surface area contributed by atoms with Crippen LogP contribution in [0.25, 0.3) is 11.1 Å². The molecule has 0 nitrogen and oxygen atoms in total. The second-order valence-electron chi connectivity index (χ2n) is 6.00. The van der Waals surface area contributed by atoms with E-state index < -0.39 is 0 Å². The van der Waals surface area contributed by atoms with Crippen LogP contribution in [0.3, 0.4) is 0 Å². The molecule has 0 N–H and O–H groups in total. The Balaban J connectivity index is 0.000000960. The molecule has 2 aromatic carbocycles. The zero-order valence-electron chi connectivity index (χ0n) is 13.3. The van der Waals surface area contributed by atoms with E-state index in [1.54, 1.807) is 13.3 Å². The van der Waals surface area contributed by atoms with Gasteiger partial charge < -0.3 is 24.8 Å². The van der Waals surface area contributed by atoms with Crippen molar-refractivity contribution in [1.29, 1.82) is 0 Å². The Kier molecular flexibility index (Phi) is 5.97. The predicted molar refractivity (Wildman–Crippen MR) is 85.6 cm³/mol. The fraction of sp³-hybridized carbons (Fsp3) is 0.200. The van der Waals surface area contributed by atoms with Crippen LogP contribution >= 0.6 is 0 Å². The third-order valence-electron chi connectivity index (χ3n) is 4.69. The van der Waals surface area contributed by atoms with Crippen LogP contribution in [0.4, 0.5) is 0 Å². The van der Waals surface area contributed by atoms with Gasteiger partial charge in [-0.15, -0.1) is 0 Å². The molecule has 2 aliphatic carbocycles. The molecule has 2 aromatic rings. The third-order valence-corrected chi connectivity index (χ3v) is 7.21. The zero-order valence-corrected chi connectivity index (χ0v) is 16.4. The van der Waals surface area contributed by atoms with Crippen LogP contribution in [0.2, 0.25) is 0 Å². The molecule has 0 saturated carbocycles. The first-order valence-electron chi connectivity index (χ1n) is 7.58. The van der Waals surface area contributed by atoms with Crippen LogP contribution in [-0.4, -0.2) is 0 Å². The number of hydrogen-bond acceptors (Lipinski definition) is 0. The minimum atomic E-state index is -0.180. The predicted octanol–water partition coefficient (Wildman–Crippen LogP) is -1.57. The standard InChI is InChI=1S/C15H13.C5H5.2ClH.Ti/c1-10-7-13-9-12-5-3-4-6-14(12)15(13)8-11(10)2;1-2-4-5-3-1;;;/h3-6,8H,9H2,1-2H3;1-3H,4H2;2*1H;/q;;;;+2/p-2. The summed E-state index contributed by atoms with van der Waals surface area (Å²) in [5.41, 5.74) is 9.07. The summed E-state index contributed by atoms with van der Waals surface area (Å²) in [6.45, 7) is 4.59. The number of rotatable bonds is 2. The van der Waals surface area contributed by atoms with Gasteiger partial charge in [-0.05, 0) is 0 Å². The number of halogens is 2. The maximum Gasteiger partial charge on any atom is -1.00 e. The number of benzene rings is 2. The van der Waals surface area contributed by atoms with E-state index in [4.69, 9.17) is 0 Å². The molecule has 0 aromatic heterocycles. The van der Waals surface area contributed by atoms with Crippen molar-refractivity contribution in [2.24, 2.45) is 0 Å². The van der Waals surface area contributed by atoms with E-state index in [1.807, 2.05) is 0 Å². The fourth-order valence-electron chi connectivity index (χ4n) is 3.39. The monoisotopic (exact) mass is 376 g/mol. The second kappa shape index (κ2) is 7.41. The number of fused-ring (bicyclic) bond motifs is 3. The molecule has 0 fully saturated rings. The van der Waals surface area contributed by atoms with Crippen LogP contribution in [0.5, 0.6) is 0 Å². The molecule has 0 spiro atoms. The molecule has 116 valence electrons. The quantitative estimate of drug-likeness (QED) is 0.474. The van der Waals surface area contributed by atoms with E-state index in [-0.39, 0.29) is 44.0 Å². The Morgan fingerprint density at radius 1 is 1.00 bits per heavy atom. The molecule has 0 aliphatic heterocycles. The summed E-state index contributed by atoms with van der Waals surface area (Å²) in [5.74, 6) is 0. The van der Waals surface area contributed by atoms with Crippen LogP contribution in [0.1, 0.15) is 28.7 Å². The van der Waals surface area contributed by atoms with Gasteiger partial charge in [0, 0.05) is 0 Å². The van der Waals surface area contributed by atoms with Crippen molar-refractivity contribution < 1.29 is 44.0 Å². The molecule has 0 bridgehead atoms. The molecule has 0 unspecified atom stereocenters. The first-order valence-corrected chi connectivity index (χ1v) is 9.14. The van der Waals surface area contributed by atoms with Gasteiger partial charge in [-0.25, -0.2) is 0 Å². The van der Waals surface area contributed by atoms with Crippen LogP contribution < -0.4 is 28.7 Å². The van der Waals surface area contributed by atoms with Gasteiger partial charge in [0.1, 0.15) is 0 Å². The van der Waals surface area contributed by atoms with Crippen LogP contribution in [0.15, 0.2) is 52.4 Å². The summed E-state index contributed by atoms with van der Waals surface area (Å²) in [7, 11) is 0. The van der Waals surface area contributed by atoms with Crippen molar-refractivity contribution in [2.75, 3.05) is 0 Å². The maximum atomic E-state index is 2.41. The van der Waals surface area contributed by atoms with Crippen molar-refractivity contribution in [1.82, 2.24) is 0 Å². The van der Waals surface area contributed by atoms with E-state index in [0.29, 0.717) is 0 Å². The van der Waals surface area contributed by atoms with E-state index >= 15 is 0 Å². The minimum Gasteiger partial charge on any atom is -1.00 e. The van der Waals surface area contributed by atoms with Gasteiger partial charge in [0.15, 0.2) is 0 Å². The molecular weight excluding hydrogens is 359 g/mol. The maximum absolute atomic E-state index is 2.41. The zero-order chi connectivity index (χ0) is 14.4. The van der Waals surface area contributed by atoms with Crippen LogP contribution in [-0.2, 0) is 25.6 Å². The summed E-state index contributed by atoms with van der Waals surface area (Å²) in [6, 6.07) is 11.3. The summed E-state index contributed by atoms with van der Waals surface area (Å²) >= 11 is -0.180. The van der Waals surface area contributed by atoms with Crippen molar-refractivity contribution in [3.05, 3.63) is 74.7 Å². The molecule has 3 heteroatoms. The van der Waals surface area contributed by atoms with Gasteiger partial charge in [0.2, 0.25) is 0 Å². The van der Waals surface area contributed by atoms with Gasteiger partial charge in [0.25, 0.3) is 0 Å².